The molecule has 1 fully saturated rings. The van der Waals surface area contributed by atoms with Crippen LogP contribution in [0.4, 0.5) is 0 Å². The number of hydrogen-bond donors (Lipinski definition) is 0. The minimum absolute atomic E-state index is 0.303. The van der Waals surface area contributed by atoms with Crippen LogP contribution in [-0.4, -0.2) is 73.0 Å². The lowest BCUT2D eigenvalue weighted by atomic mass is 9.87. The first kappa shape index (κ1) is 19.4. The van der Waals surface area contributed by atoms with Crippen molar-refractivity contribution in [1.82, 2.24) is 14.7 Å². The molecule has 1 heterocycles. The smallest absolute Gasteiger partial charge is 0.236 e. The van der Waals surface area contributed by atoms with E-state index >= 15 is 0 Å². The summed E-state index contributed by atoms with van der Waals surface area (Å²) in [5.74, 6) is 1.85. The molecule has 0 aromatic rings. The Hall–Kier alpha value is -0.610. The molecule has 4 nitrogen and oxygen atoms in total. The molecule has 1 rings (SSSR count). The molecule has 0 unspecified atom stereocenters. The predicted molar refractivity (Wildman–Crippen MR) is 94.0 cm³/mol. The maximum Gasteiger partial charge on any atom is 0.236 e. The Morgan fingerprint density at radius 3 is 2.18 bits per heavy atom. The van der Waals surface area contributed by atoms with Gasteiger partial charge in [-0.05, 0) is 52.1 Å². The highest BCUT2D eigenvalue weighted by Gasteiger charge is 2.24. The van der Waals surface area contributed by atoms with Crippen LogP contribution >= 0.6 is 0 Å². The quantitative estimate of drug-likeness (QED) is 0.689. The standard InChI is InChI=1S/C18H37N3O/c1-7-20(16(4)5)13-12-19(6)14-18(22)21-10-8-17(9-11-21)15(2)3/h15-17H,7-14H2,1-6H3. The van der Waals surface area contributed by atoms with Crippen molar-refractivity contribution in [3.8, 4) is 0 Å². The van der Waals surface area contributed by atoms with Crippen LogP contribution in [-0.2, 0) is 4.79 Å². The molecule has 1 aliphatic rings. The van der Waals surface area contributed by atoms with Crippen LogP contribution in [0.3, 0.4) is 0 Å². The molecule has 22 heavy (non-hydrogen) atoms. The van der Waals surface area contributed by atoms with E-state index in [2.05, 4.69) is 56.4 Å². The Kier molecular flexibility index (Phi) is 8.40. The summed E-state index contributed by atoms with van der Waals surface area (Å²) in [6, 6.07) is 0.573. The van der Waals surface area contributed by atoms with Crippen molar-refractivity contribution >= 4 is 5.91 Å². The van der Waals surface area contributed by atoms with Crippen LogP contribution in [0, 0.1) is 11.8 Å². The maximum absolute atomic E-state index is 12.4. The Balaban J connectivity index is 2.30. The highest BCUT2D eigenvalue weighted by atomic mass is 16.2. The topological polar surface area (TPSA) is 26.8 Å². The molecular formula is C18H37N3O. The van der Waals surface area contributed by atoms with E-state index in [0.29, 0.717) is 18.5 Å². The van der Waals surface area contributed by atoms with Crippen LogP contribution in [0.2, 0.25) is 0 Å². The first-order chi connectivity index (χ1) is 10.3. The molecule has 0 radical (unpaired) electrons. The van der Waals surface area contributed by atoms with E-state index in [4.69, 9.17) is 0 Å². The minimum Gasteiger partial charge on any atom is -0.342 e. The van der Waals surface area contributed by atoms with Gasteiger partial charge in [-0.3, -0.25) is 14.6 Å². The van der Waals surface area contributed by atoms with Crippen molar-refractivity contribution in [2.45, 2.75) is 53.5 Å². The lowest BCUT2D eigenvalue weighted by molar-refractivity contribution is -0.133. The van der Waals surface area contributed by atoms with Crippen molar-refractivity contribution < 1.29 is 4.79 Å². The first-order valence-corrected chi connectivity index (χ1v) is 9.05. The number of piperidine rings is 1. The predicted octanol–water partition coefficient (Wildman–Crippen LogP) is 2.54. The maximum atomic E-state index is 12.4. The van der Waals surface area contributed by atoms with Crippen molar-refractivity contribution in [1.29, 1.82) is 0 Å². The fraction of sp³-hybridized carbons (Fsp3) is 0.944. The van der Waals surface area contributed by atoms with Crippen LogP contribution in [0.5, 0.6) is 0 Å². The third-order valence-electron chi connectivity index (χ3n) is 5.15. The van der Waals surface area contributed by atoms with Gasteiger partial charge >= 0.3 is 0 Å². The Bertz CT molecular complexity index is 322. The summed E-state index contributed by atoms with van der Waals surface area (Å²) >= 11 is 0. The van der Waals surface area contributed by atoms with Gasteiger partial charge in [0.05, 0.1) is 6.54 Å². The Morgan fingerprint density at radius 2 is 1.73 bits per heavy atom. The van der Waals surface area contributed by atoms with Gasteiger partial charge in [0, 0.05) is 32.2 Å². The highest BCUT2D eigenvalue weighted by molar-refractivity contribution is 5.78. The zero-order valence-electron chi connectivity index (χ0n) is 15.6. The second-order valence-electron chi connectivity index (χ2n) is 7.42. The number of rotatable bonds is 8. The molecule has 130 valence electrons. The monoisotopic (exact) mass is 311 g/mol. The van der Waals surface area contributed by atoms with E-state index in [9.17, 15) is 4.79 Å². The van der Waals surface area contributed by atoms with Gasteiger partial charge in [0.2, 0.25) is 5.91 Å². The van der Waals surface area contributed by atoms with E-state index in [-0.39, 0.29) is 0 Å². The molecule has 0 aromatic heterocycles. The highest BCUT2D eigenvalue weighted by Crippen LogP contribution is 2.24. The van der Waals surface area contributed by atoms with E-state index in [0.717, 1.165) is 44.6 Å². The fourth-order valence-corrected chi connectivity index (χ4v) is 3.31. The molecule has 0 atom stereocenters. The van der Waals surface area contributed by atoms with Gasteiger partial charge in [0.25, 0.3) is 0 Å². The number of carbonyl (C=O) groups excluding carboxylic acids is 1. The molecule has 1 aliphatic heterocycles. The molecule has 0 spiro atoms. The van der Waals surface area contributed by atoms with E-state index in [1.807, 2.05) is 0 Å². The van der Waals surface area contributed by atoms with Gasteiger partial charge in [-0.15, -0.1) is 0 Å². The van der Waals surface area contributed by atoms with Crippen molar-refractivity contribution in [2.75, 3.05) is 46.3 Å². The molecule has 1 saturated heterocycles. The SMILES string of the molecule is CCN(CCN(C)CC(=O)N1CCC(C(C)C)CC1)C(C)C. The minimum atomic E-state index is 0.303. The van der Waals surface area contributed by atoms with Gasteiger partial charge < -0.3 is 4.90 Å². The molecule has 0 aromatic carbocycles. The average molecular weight is 312 g/mol. The second-order valence-corrected chi connectivity index (χ2v) is 7.42. The lowest BCUT2D eigenvalue weighted by Crippen LogP contribution is -2.45. The van der Waals surface area contributed by atoms with Gasteiger partial charge in [-0.2, -0.15) is 0 Å². The summed E-state index contributed by atoms with van der Waals surface area (Å²) in [4.78, 5) is 19.1. The summed E-state index contributed by atoms with van der Waals surface area (Å²) in [7, 11) is 2.06. The first-order valence-electron chi connectivity index (χ1n) is 9.05. The number of amides is 1. The summed E-state index contributed by atoms with van der Waals surface area (Å²) < 4.78 is 0. The molecule has 0 N–H and O–H groups in total. The zero-order chi connectivity index (χ0) is 16.7. The average Bonchev–Trinajstić information content (AvgIpc) is 2.47. The molecule has 0 saturated carbocycles. The van der Waals surface area contributed by atoms with Crippen LogP contribution in [0.15, 0.2) is 0 Å². The summed E-state index contributed by atoms with van der Waals surface area (Å²) in [6.07, 6.45) is 2.34. The number of nitrogens with zero attached hydrogens (tertiary/aromatic N) is 3. The molecule has 4 heteroatoms. The largest absolute Gasteiger partial charge is 0.342 e. The van der Waals surface area contributed by atoms with Crippen molar-refractivity contribution in [2.24, 2.45) is 11.8 Å². The third kappa shape index (κ3) is 6.25. The summed E-state index contributed by atoms with van der Waals surface area (Å²) in [5, 5.41) is 0. The van der Waals surface area contributed by atoms with E-state index in [1.165, 1.54) is 12.8 Å². The number of likely N-dealkylation sites (N-methyl/N-ethyl adjacent to an activating group) is 2. The van der Waals surface area contributed by atoms with Crippen molar-refractivity contribution in [3.05, 3.63) is 0 Å². The van der Waals surface area contributed by atoms with Gasteiger partial charge in [-0.25, -0.2) is 0 Å². The number of carbonyl (C=O) groups is 1. The molecule has 0 aliphatic carbocycles. The van der Waals surface area contributed by atoms with Crippen LogP contribution in [0.25, 0.3) is 0 Å². The normalized spacial score (nSPS) is 17.3. The van der Waals surface area contributed by atoms with Crippen molar-refractivity contribution in [3.63, 3.8) is 0 Å². The molecule has 0 bridgehead atoms. The van der Waals surface area contributed by atoms with E-state index < -0.39 is 0 Å². The third-order valence-corrected chi connectivity index (χ3v) is 5.15. The van der Waals surface area contributed by atoms with E-state index in [1.54, 1.807) is 0 Å². The van der Waals surface area contributed by atoms with Gasteiger partial charge in [0.15, 0.2) is 0 Å². The number of likely N-dealkylation sites (tertiary alicyclic amines) is 1. The molecular weight excluding hydrogens is 274 g/mol. The summed E-state index contributed by atoms with van der Waals surface area (Å²) in [5.41, 5.74) is 0. The van der Waals surface area contributed by atoms with Gasteiger partial charge in [-0.1, -0.05) is 20.8 Å². The Morgan fingerprint density at radius 1 is 1.14 bits per heavy atom. The summed E-state index contributed by atoms with van der Waals surface area (Å²) in [6.45, 7) is 16.8. The van der Waals surface area contributed by atoms with Crippen LogP contribution in [0.1, 0.15) is 47.5 Å². The second kappa shape index (κ2) is 9.51. The lowest BCUT2D eigenvalue weighted by Gasteiger charge is -2.35. The molecule has 1 amide bonds. The number of hydrogen-bond acceptors (Lipinski definition) is 3. The van der Waals surface area contributed by atoms with Crippen LogP contribution < -0.4 is 0 Å². The Labute approximate surface area is 137 Å². The van der Waals surface area contributed by atoms with Gasteiger partial charge in [0.1, 0.15) is 0 Å². The fourth-order valence-electron chi connectivity index (χ4n) is 3.31. The zero-order valence-corrected chi connectivity index (χ0v) is 15.6.